The van der Waals surface area contributed by atoms with E-state index < -0.39 is 0 Å². The zero-order valence-electron chi connectivity index (χ0n) is 8.45. The van der Waals surface area contributed by atoms with E-state index in [0.717, 1.165) is 30.3 Å². The smallest absolute Gasteiger partial charge is 0.157 e. The van der Waals surface area contributed by atoms with Crippen LogP contribution in [-0.2, 0) is 11.2 Å². The quantitative estimate of drug-likeness (QED) is 0.673. The van der Waals surface area contributed by atoms with Gasteiger partial charge in [-0.15, -0.1) is 5.10 Å². The SMILES string of the molecule is O=CC1CCc2cc(-n3cnnn3)ncc21. The molecular weight excluding hydrogens is 206 g/mol. The minimum absolute atomic E-state index is 0.00502. The second-order valence-corrected chi connectivity index (χ2v) is 3.78. The Bertz CT molecular complexity index is 522. The fourth-order valence-corrected chi connectivity index (χ4v) is 2.04. The maximum absolute atomic E-state index is 10.8. The summed E-state index contributed by atoms with van der Waals surface area (Å²) in [4.78, 5) is 15.1. The lowest BCUT2D eigenvalue weighted by atomic mass is 10.1. The largest absolute Gasteiger partial charge is 0.303 e. The fourth-order valence-electron chi connectivity index (χ4n) is 2.04. The van der Waals surface area contributed by atoms with Crippen LogP contribution in [0.2, 0.25) is 0 Å². The lowest BCUT2D eigenvalue weighted by molar-refractivity contribution is -0.109. The molecule has 2 heterocycles. The van der Waals surface area contributed by atoms with Gasteiger partial charge >= 0.3 is 0 Å². The third-order valence-corrected chi connectivity index (χ3v) is 2.88. The van der Waals surface area contributed by atoms with E-state index in [1.165, 1.54) is 11.0 Å². The Kier molecular flexibility index (Phi) is 1.99. The van der Waals surface area contributed by atoms with Crippen LogP contribution in [0.3, 0.4) is 0 Å². The summed E-state index contributed by atoms with van der Waals surface area (Å²) in [5, 5.41) is 10.9. The van der Waals surface area contributed by atoms with Crippen LogP contribution in [0, 0.1) is 0 Å². The van der Waals surface area contributed by atoms with Gasteiger partial charge in [0.2, 0.25) is 0 Å². The number of tetrazole rings is 1. The van der Waals surface area contributed by atoms with Crippen molar-refractivity contribution in [1.29, 1.82) is 0 Å². The number of carbonyl (C=O) groups is 1. The van der Waals surface area contributed by atoms with Crippen LogP contribution in [-0.4, -0.2) is 31.5 Å². The van der Waals surface area contributed by atoms with E-state index in [0.29, 0.717) is 5.82 Å². The number of rotatable bonds is 2. The molecule has 6 heteroatoms. The fraction of sp³-hybridized carbons (Fsp3) is 0.300. The van der Waals surface area contributed by atoms with Crippen molar-refractivity contribution >= 4 is 6.29 Å². The maximum atomic E-state index is 10.8. The minimum atomic E-state index is 0.00502. The molecule has 0 aliphatic heterocycles. The number of carbonyl (C=O) groups excluding carboxylic acids is 1. The topological polar surface area (TPSA) is 73.6 Å². The van der Waals surface area contributed by atoms with E-state index in [2.05, 4.69) is 20.5 Å². The highest BCUT2D eigenvalue weighted by Crippen LogP contribution is 2.31. The third-order valence-electron chi connectivity index (χ3n) is 2.88. The Morgan fingerprint density at radius 2 is 2.44 bits per heavy atom. The van der Waals surface area contributed by atoms with Crippen LogP contribution >= 0.6 is 0 Å². The molecule has 0 saturated carbocycles. The second kappa shape index (κ2) is 3.48. The lowest BCUT2D eigenvalue weighted by Crippen LogP contribution is -2.01. The van der Waals surface area contributed by atoms with Gasteiger partial charge in [0.05, 0.1) is 0 Å². The lowest BCUT2D eigenvalue weighted by Gasteiger charge is -2.04. The Balaban J connectivity index is 2.04. The molecule has 0 aromatic carbocycles. The average molecular weight is 215 g/mol. The van der Waals surface area contributed by atoms with Crippen molar-refractivity contribution in [2.75, 3.05) is 0 Å². The van der Waals surface area contributed by atoms with Gasteiger partial charge in [-0.3, -0.25) is 0 Å². The summed E-state index contributed by atoms with van der Waals surface area (Å²) in [5.74, 6) is 0.695. The predicted octanol–water partition coefficient (Wildman–Crippen LogP) is 0.286. The summed E-state index contributed by atoms with van der Waals surface area (Å²) in [6.45, 7) is 0. The van der Waals surface area contributed by atoms with Gasteiger partial charge in [0, 0.05) is 12.1 Å². The highest BCUT2D eigenvalue weighted by Gasteiger charge is 2.22. The van der Waals surface area contributed by atoms with E-state index in [1.807, 2.05) is 6.07 Å². The van der Waals surface area contributed by atoms with Crippen molar-refractivity contribution in [2.45, 2.75) is 18.8 Å². The van der Waals surface area contributed by atoms with Gasteiger partial charge < -0.3 is 4.79 Å². The molecule has 1 aliphatic rings. The van der Waals surface area contributed by atoms with E-state index in [4.69, 9.17) is 0 Å². The van der Waals surface area contributed by atoms with Crippen LogP contribution < -0.4 is 0 Å². The molecule has 0 bridgehead atoms. The van der Waals surface area contributed by atoms with E-state index in [1.54, 1.807) is 6.20 Å². The molecular formula is C10H9N5O. The summed E-state index contributed by atoms with van der Waals surface area (Å²) < 4.78 is 1.51. The van der Waals surface area contributed by atoms with E-state index in [9.17, 15) is 4.79 Å². The first-order chi connectivity index (χ1) is 7.88. The third kappa shape index (κ3) is 1.30. The minimum Gasteiger partial charge on any atom is -0.303 e. The second-order valence-electron chi connectivity index (χ2n) is 3.78. The molecule has 1 unspecified atom stereocenters. The van der Waals surface area contributed by atoms with Crippen molar-refractivity contribution < 1.29 is 4.79 Å². The number of hydrogen-bond acceptors (Lipinski definition) is 5. The molecule has 16 heavy (non-hydrogen) atoms. The molecule has 0 saturated heterocycles. The molecule has 2 aromatic heterocycles. The summed E-state index contributed by atoms with van der Waals surface area (Å²) in [6, 6.07) is 1.94. The van der Waals surface area contributed by atoms with Gasteiger partial charge in [-0.2, -0.15) is 4.68 Å². The summed E-state index contributed by atoms with van der Waals surface area (Å²) >= 11 is 0. The van der Waals surface area contributed by atoms with Gasteiger partial charge in [-0.1, -0.05) is 0 Å². The number of aldehydes is 1. The van der Waals surface area contributed by atoms with Gasteiger partial charge in [0.25, 0.3) is 0 Å². The molecule has 6 nitrogen and oxygen atoms in total. The maximum Gasteiger partial charge on any atom is 0.157 e. The molecule has 0 spiro atoms. The Morgan fingerprint density at radius 3 is 3.19 bits per heavy atom. The number of hydrogen-bond donors (Lipinski definition) is 0. The van der Waals surface area contributed by atoms with Crippen molar-refractivity contribution in [3.8, 4) is 5.82 Å². The highest BCUT2D eigenvalue weighted by molar-refractivity contribution is 5.65. The zero-order valence-corrected chi connectivity index (χ0v) is 8.45. The average Bonchev–Trinajstić information content (AvgIpc) is 2.97. The number of aromatic nitrogens is 5. The van der Waals surface area contributed by atoms with Gasteiger partial charge in [-0.05, 0) is 40.5 Å². The highest BCUT2D eigenvalue weighted by atomic mass is 16.1. The first kappa shape index (κ1) is 9.14. The van der Waals surface area contributed by atoms with Crippen LogP contribution in [0.4, 0.5) is 0 Å². The van der Waals surface area contributed by atoms with Gasteiger partial charge in [-0.25, -0.2) is 4.98 Å². The summed E-state index contributed by atoms with van der Waals surface area (Å²) in [6.07, 6.45) is 6.03. The van der Waals surface area contributed by atoms with Crippen LogP contribution in [0.15, 0.2) is 18.6 Å². The molecule has 3 rings (SSSR count). The molecule has 2 aromatic rings. The summed E-state index contributed by atoms with van der Waals surface area (Å²) in [7, 11) is 0. The summed E-state index contributed by atoms with van der Waals surface area (Å²) in [5.41, 5.74) is 2.20. The van der Waals surface area contributed by atoms with Crippen LogP contribution in [0.5, 0.6) is 0 Å². The van der Waals surface area contributed by atoms with E-state index >= 15 is 0 Å². The van der Waals surface area contributed by atoms with Gasteiger partial charge in [0.1, 0.15) is 12.6 Å². The Morgan fingerprint density at radius 1 is 1.50 bits per heavy atom. The zero-order chi connectivity index (χ0) is 11.0. The molecule has 0 radical (unpaired) electrons. The van der Waals surface area contributed by atoms with Gasteiger partial charge in [0.15, 0.2) is 5.82 Å². The molecule has 1 aliphatic carbocycles. The monoisotopic (exact) mass is 215 g/mol. The van der Waals surface area contributed by atoms with Crippen LogP contribution in [0.1, 0.15) is 23.5 Å². The number of nitrogens with zero attached hydrogens (tertiary/aromatic N) is 5. The Hall–Kier alpha value is -2.11. The molecule has 80 valence electrons. The number of aryl methyl sites for hydroxylation is 1. The predicted molar refractivity (Wildman–Crippen MR) is 54.1 cm³/mol. The normalized spacial score (nSPS) is 18.4. The molecule has 0 amide bonds. The molecule has 0 fully saturated rings. The Labute approximate surface area is 91.3 Å². The molecule has 0 N–H and O–H groups in total. The van der Waals surface area contributed by atoms with Crippen LogP contribution in [0.25, 0.3) is 5.82 Å². The van der Waals surface area contributed by atoms with E-state index in [-0.39, 0.29) is 5.92 Å². The van der Waals surface area contributed by atoms with Crippen molar-refractivity contribution in [3.63, 3.8) is 0 Å². The first-order valence-electron chi connectivity index (χ1n) is 5.06. The van der Waals surface area contributed by atoms with Crippen molar-refractivity contribution in [3.05, 3.63) is 29.7 Å². The van der Waals surface area contributed by atoms with Crippen molar-refractivity contribution in [1.82, 2.24) is 25.2 Å². The standard InChI is InChI=1S/C10H9N5O/c16-5-8-2-1-7-3-10(11-4-9(7)8)15-6-12-13-14-15/h3-6,8H,1-2H2. The number of fused-ring (bicyclic) bond motifs is 1. The number of pyridine rings is 1. The molecule has 1 atom stereocenters. The first-order valence-corrected chi connectivity index (χ1v) is 5.06. The van der Waals surface area contributed by atoms with Crippen molar-refractivity contribution in [2.24, 2.45) is 0 Å².